The lowest BCUT2D eigenvalue weighted by Gasteiger charge is -2.39. The van der Waals surface area contributed by atoms with Crippen molar-refractivity contribution in [3.05, 3.63) is 187 Å². The second-order valence-corrected chi connectivity index (χ2v) is 12.8. The molecule has 8 aromatic rings. The van der Waals surface area contributed by atoms with E-state index in [0.29, 0.717) is 0 Å². The van der Waals surface area contributed by atoms with Crippen molar-refractivity contribution >= 4 is 55.5 Å². The van der Waals surface area contributed by atoms with Crippen LogP contribution in [0.1, 0.15) is 16.7 Å². The minimum Gasteiger partial charge on any atom is -0.497 e. The van der Waals surface area contributed by atoms with Crippen LogP contribution in [-0.4, -0.2) is 14.2 Å². The molecule has 0 fully saturated rings. The Morgan fingerprint density at radius 1 is 0.490 bits per heavy atom. The summed E-state index contributed by atoms with van der Waals surface area (Å²) in [5.41, 5.74) is 5.19. The van der Waals surface area contributed by atoms with Crippen LogP contribution in [0.2, 0.25) is 0 Å². The van der Waals surface area contributed by atoms with Crippen molar-refractivity contribution in [2.24, 2.45) is 0 Å². The summed E-state index contributed by atoms with van der Waals surface area (Å²) in [6.45, 7) is 0. The van der Waals surface area contributed by atoms with Gasteiger partial charge in [0.25, 0.3) is 0 Å². The zero-order chi connectivity index (χ0) is 34.4. The van der Waals surface area contributed by atoms with Gasteiger partial charge in [-0.1, -0.05) is 109 Å². The van der Waals surface area contributed by atoms with Crippen molar-refractivity contribution in [2.45, 2.75) is 5.60 Å². The van der Waals surface area contributed by atoms with E-state index in [1.807, 2.05) is 24.3 Å². The Morgan fingerprint density at radius 3 is 1.45 bits per heavy atom. The van der Waals surface area contributed by atoms with E-state index >= 15 is 0 Å². The number of hydrogen-bond donors (Lipinski definition) is 0. The molecule has 0 aromatic heterocycles. The molecule has 246 valence electrons. The molecule has 0 aliphatic carbocycles. The van der Waals surface area contributed by atoms with Crippen molar-refractivity contribution < 1.29 is 14.2 Å². The first-order chi connectivity index (χ1) is 25.2. The molecule has 9 rings (SSSR count). The quantitative estimate of drug-likeness (QED) is 0.159. The zero-order valence-electron chi connectivity index (χ0n) is 28.4. The fourth-order valence-corrected chi connectivity index (χ4v) is 7.61. The lowest BCUT2D eigenvalue weighted by molar-refractivity contribution is 0.163. The molecule has 0 N–H and O–H groups in total. The summed E-state index contributed by atoms with van der Waals surface area (Å²) >= 11 is 0. The molecule has 51 heavy (non-hydrogen) atoms. The van der Waals surface area contributed by atoms with Crippen molar-refractivity contribution in [1.82, 2.24) is 0 Å². The second kappa shape index (κ2) is 12.4. The van der Waals surface area contributed by atoms with Crippen molar-refractivity contribution in [3.8, 4) is 17.2 Å². The molecule has 1 aliphatic heterocycles. The topological polar surface area (TPSA) is 30.9 Å². The fraction of sp³-hybridized carbons (Fsp3) is 0.0638. The van der Waals surface area contributed by atoms with Gasteiger partial charge in [0.05, 0.1) is 19.9 Å². The number of rotatable bonds is 7. The second-order valence-electron chi connectivity index (χ2n) is 12.8. The van der Waals surface area contributed by atoms with E-state index in [2.05, 4.69) is 157 Å². The Bertz CT molecular complexity index is 2470. The molecule has 0 spiro atoms. The van der Waals surface area contributed by atoms with E-state index in [0.717, 1.165) is 67.2 Å². The Balaban J connectivity index is 1.42. The molecule has 8 aromatic carbocycles. The van der Waals surface area contributed by atoms with Crippen LogP contribution in [0.25, 0.3) is 38.4 Å². The highest BCUT2D eigenvalue weighted by molar-refractivity contribution is 6.28. The largest absolute Gasteiger partial charge is 0.497 e. The maximum Gasteiger partial charge on any atom is 0.178 e. The first kappa shape index (κ1) is 30.5. The van der Waals surface area contributed by atoms with Crippen molar-refractivity contribution in [3.63, 3.8) is 0 Å². The Kier molecular flexibility index (Phi) is 7.44. The minimum atomic E-state index is -0.950. The summed E-state index contributed by atoms with van der Waals surface area (Å²) in [5, 5.41) is 6.93. The molecule has 1 heterocycles. The third-order valence-electron chi connectivity index (χ3n) is 10.1. The highest BCUT2D eigenvalue weighted by Gasteiger charge is 2.39. The lowest BCUT2D eigenvalue weighted by Crippen LogP contribution is -2.34. The average molecular weight is 662 g/mol. The summed E-state index contributed by atoms with van der Waals surface area (Å²) < 4.78 is 18.8. The van der Waals surface area contributed by atoms with E-state index in [4.69, 9.17) is 14.2 Å². The smallest absolute Gasteiger partial charge is 0.178 e. The Morgan fingerprint density at radius 2 is 0.941 bits per heavy atom. The summed E-state index contributed by atoms with van der Waals surface area (Å²) in [6, 6.07) is 57.2. The maximum atomic E-state index is 7.68. The molecule has 0 bridgehead atoms. The Labute approximate surface area is 297 Å². The lowest BCUT2D eigenvalue weighted by atomic mass is 9.82. The third-order valence-corrected chi connectivity index (χ3v) is 10.1. The summed E-state index contributed by atoms with van der Waals surface area (Å²) in [6.07, 6.45) is 4.45. The summed E-state index contributed by atoms with van der Waals surface area (Å²) in [7, 11) is 3.38. The molecule has 0 radical (unpaired) electrons. The monoisotopic (exact) mass is 661 g/mol. The van der Waals surface area contributed by atoms with Gasteiger partial charge in [-0.15, -0.1) is 0 Å². The highest BCUT2D eigenvalue weighted by Crippen LogP contribution is 2.53. The van der Waals surface area contributed by atoms with E-state index in [1.165, 1.54) is 16.2 Å². The molecule has 4 heteroatoms. The predicted octanol–water partition coefficient (Wildman–Crippen LogP) is 12.0. The van der Waals surface area contributed by atoms with Gasteiger partial charge in [-0.05, 0) is 93.7 Å². The number of anilines is 3. The predicted molar refractivity (Wildman–Crippen MR) is 210 cm³/mol. The number of para-hydroxylation sites is 2. The van der Waals surface area contributed by atoms with Gasteiger partial charge in [-0.3, -0.25) is 0 Å². The van der Waals surface area contributed by atoms with E-state index in [9.17, 15) is 0 Å². The van der Waals surface area contributed by atoms with Crippen LogP contribution in [0, 0.1) is 0 Å². The van der Waals surface area contributed by atoms with Crippen LogP contribution in [-0.2, 0) is 5.60 Å². The number of nitrogens with zero attached hydrogens (tertiary/aromatic N) is 1. The van der Waals surface area contributed by atoms with Gasteiger partial charge in [0.2, 0.25) is 0 Å². The van der Waals surface area contributed by atoms with Gasteiger partial charge in [0.15, 0.2) is 5.60 Å². The first-order valence-electron chi connectivity index (χ1n) is 17.2. The van der Waals surface area contributed by atoms with Gasteiger partial charge < -0.3 is 19.1 Å². The molecule has 0 saturated carbocycles. The fourth-order valence-electron chi connectivity index (χ4n) is 7.61. The molecule has 4 nitrogen and oxygen atoms in total. The van der Waals surface area contributed by atoms with Crippen LogP contribution >= 0.6 is 0 Å². The average Bonchev–Trinajstić information content (AvgIpc) is 3.21. The van der Waals surface area contributed by atoms with Gasteiger partial charge in [0, 0.05) is 33.5 Å². The number of fused-ring (bicyclic) bond motifs is 8. The number of ether oxygens (including phenoxy) is 3. The summed E-state index contributed by atoms with van der Waals surface area (Å²) in [4.78, 5) is 2.34. The van der Waals surface area contributed by atoms with Gasteiger partial charge >= 0.3 is 0 Å². The van der Waals surface area contributed by atoms with Crippen LogP contribution < -0.4 is 19.1 Å². The van der Waals surface area contributed by atoms with Crippen molar-refractivity contribution in [1.29, 1.82) is 0 Å². The third kappa shape index (κ3) is 4.99. The van der Waals surface area contributed by atoms with E-state index in [1.54, 1.807) is 14.2 Å². The van der Waals surface area contributed by atoms with Crippen molar-refractivity contribution in [2.75, 3.05) is 19.1 Å². The van der Waals surface area contributed by atoms with Crippen LogP contribution in [0.5, 0.6) is 17.2 Å². The molecule has 1 aliphatic rings. The zero-order valence-corrected chi connectivity index (χ0v) is 28.4. The normalized spacial score (nSPS) is 13.1. The highest BCUT2D eigenvalue weighted by atomic mass is 16.5. The standard InChI is InChI=1S/C47H35NO3/c1-49-36-25-21-32(22-26-36)47(33-23-27-37(50-2)28-24-33)30-29-42-44(48(34-13-5-3-6-14-34)35-15-7-4-8-16-35)31-43-40-19-10-9-17-38(40)39-18-11-12-20-41(39)45(43)46(42)51-47/h3-31H,1-2H3. The maximum absolute atomic E-state index is 7.68. The van der Waals surface area contributed by atoms with Gasteiger partial charge in [-0.25, -0.2) is 0 Å². The molecule has 0 atom stereocenters. The first-order valence-corrected chi connectivity index (χ1v) is 17.2. The number of benzene rings is 8. The molecule has 0 unspecified atom stereocenters. The number of hydrogen-bond acceptors (Lipinski definition) is 4. The molecule has 0 saturated heterocycles. The SMILES string of the molecule is COc1ccc(C2(c3ccc(OC)cc3)C=Cc3c(N(c4ccccc4)c4ccccc4)cc4c5ccccc5c5ccccc5c4c3O2)cc1. The van der Waals surface area contributed by atoms with Gasteiger partial charge in [-0.2, -0.15) is 0 Å². The summed E-state index contributed by atoms with van der Waals surface area (Å²) in [5.74, 6) is 2.40. The number of methoxy groups -OCH3 is 2. The molecular formula is C47H35NO3. The van der Waals surface area contributed by atoms with Crippen LogP contribution in [0.15, 0.2) is 170 Å². The van der Waals surface area contributed by atoms with E-state index in [-0.39, 0.29) is 0 Å². The minimum absolute atomic E-state index is 0.787. The Hall–Kier alpha value is -6.52. The molecule has 0 amide bonds. The molecular weight excluding hydrogens is 627 g/mol. The van der Waals surface area contributed by atoms with Crippen LogP contribution in [0.3, 0.4) is 0 Å². The van der Waals surface area contributed by atoms with Gasteiger partial charge in [0.1, 0.15) is 17.2 Å². The van der Waals surface area contributed by atoms with Crippen LogP contribution in [0.4, 0.5) is 17.1 Å². The van der Waals surface area contributed by atoms with E-state index < -0.39 is 5.60 Å².